The molecule has 1 aromatic rings. The first-order valence-corrected chi connectivity index (χ1v) is 5.99. The topological polar surface area (TPSA) is 86.6 Å². The maximum absolute atomic E-state index is 13.2. The fraction of sp³-hybridized carbons (Fsp3) is 0.333. The Labute approximate surface area is 92.6 Å². The lowest BCUT2D eigenvalue weighted by atomic mass is 10.3. The Morgan fingerprint density at radius 1 is 1.38 bits per heavy atom. The summed E-state index contributed by atoms with van der Waals surface area (Å²) in [5.74, 6) is -0.867. The number of aliphatic hydroxyl groups excluding tert-OH is 2. The van der Waals surface area contributed by atoms with E-state index in [1.165, 1.54) is 12.1 Å². The molecule has 1 unspecified atom stereocenters. The predicted molar refractivity (Wildman–Crippen MR) is 54.7 cm³/mol. The molecule has 1 aromatic carbocycles. The summed E-state index contributed by atoms with van der Waals surface area (Å²) in [5.41, 5.74) is 0. The molecule has 5 nitrogen and oxygen atoms in total. The minimum atomic E-state index is -3.99. The van der Waals surface area contributed by atoms with E-state index in [9.17, 15) is 12.8 Å². The Morgan fingerprint density at radius 3 is 2.56 bits per heavy atom. The van der Waals surface area contributed by atoms with Gasteiger partial charge in [0.2, 0.25) is 10.0 Å². The van der Waals surface area contributed by atoms with Crippen molar-refractivity contribution >= 4 is 10.0 Å². The first-order valence-electron chi connectivity index (χ1n) is 4.50. The van der Waals surface area contributed by atoms with Crippen molar-refractivity contribution in [2.45, 2.75) is 11.0 Å². The lowest BCUT2D eigenvalue weighted by Crippen LogP contribution is -2.34. The quantitative estimate of drug-likeness (QED) is 0.654. The number of rotatable bonds is 5. The average Bonchev–Trinajstić information content (AvgIpc) is 2.26. The van der Waals surface area contributed by atoms with Gasteiger partial charge in [-0.15, -0.1) is 0 Å². The summed E-state index contributed by atoms with van der Waals surface area (Å²) in [4.78, 5) is -0.486. The molecule has 0 radical (unpaired) electrons. The Morgan fingerprint density at radius 2 is 2.00 bits per heavy atom. The number of sulfonamides is 1. The molecule has 0 spiro atoms. The van der Waals surface area contributed by atoms with Crippen molar-refractivity contribution in [3.05, 3.63) is 30.1 Å². The van der Waals surface area contributed by atoms with Crippen LogP contribution in [0.25, 0.3) is 0 Å². The second-order valence-corrected chi connectivity index (χ2v) is 4.85. The van der Waals surface area contributed by atoms with Crippen LogP contribution in [0.4, 0.5) is 4.39 Å². The van der Waals surface area contributed by atoms with Crippen LogP contribution in [0.5, 0.6) is 0 Å². The minimum absolute atomic E-state index is 0.368. The van der Waals surface area contributed by atoms with Crippen LogP contribution in [0.15, 0.2) is 29.2 Å². The lowest BCUT2D eigenvalue weighted by Gasteiger charge is -2.10. The van der Waals surface area contributed by atoms with Crippen molar-refractivity contribution in [1.82, 2.24) is 4.72 Å². The van der Waals surface area contributed by atoms with Gasteiger partial charge in [0, 0.05) is 6.54 Å². The zero-order valence-corrected chi connectivity index (χ0v) is 9.11. The van der Waals surface area contributed by atoms with Gasteiger partial charge >= 0.3 is 0 Å². The highest BCUT2D eigenvalue weighted by Crippen LogP contribution is 2.12. The highest BCUT2D eigenvalue weighted by atomic mass is 32.2. The van der Waals surface area contributed by atoms with Crippen LogP contribution >= 0.6 is 0 Å². The van der Waals surface area contributed by atoms with Crippen LogP contribution in [-0.2, 0) is 10.0 Å². The lowest BCUT2D eigenvalue weighted by molar-refractivity contribution is 0.0988. The molecule has 0 heterocycles. The van der Waals surface area contributed by atoms with Crippen molar-refractivity contribution in [3.8, 4) is 0 Å². The normalized spacial score (nSPS) is 13.7. The molecule has 0 aliphatic rings. The van der Waals surface area contributed by atoms with Gasteiger partial charge in [0.05, 0.1) is 12.7 Å². The molecule has 0 aliphatic carbocycles. The largest absolute Gasteiger partial charge is 0.394 e. The van der Waals surface area contributed by atoms with Crippen LogP contribution in [0.3, 0.4) is 0 Å². The summed E-state index contributed by atoms with van der Waals surface area (Å²) in [6.45, 7) is -0.938. The van der Waals surface area contributed by atoms with E-state index in [0.29, 0.717) is 0 Å². The maximum Gasteiger partial charge on any atom is 0.243 e. The van der Waals surface area contributed by atoms with Gasteiger partial charge in [0.25, 0.3) is 0 Å². The zero-order chi connectivity index (χ0) is 12.2. The highest BCUT2D eigenvalue weighted by Gasteiger charge is 2.18. The molecular weight excluding hydrogens is 237 g/mol. The predicted octanol–water partition coefficient (Wildman–Crippen LogP) is -0.543. The highest BCUT2D eigenvalue weighted by molar-refractivity contribution is 7.89. The number of aliphatic hydroxyl groups is 2. The zero-order valence-electron chi connectivity index (χ0n) is 8.30. The number of hydrogen-bond donors (Lipinski definition) is 3. The van der Waals surface area contributed by atoms with Crippen LogP contribution < -0.4 is 4.72 Å². The first kappa shape index (κ1) is 13.0. The smallest absolute Gasteiger partial charge is 0.243 e. The van der Waals surface area contributed by atoms with Gasteiger partial charge in [-0.05, 0) is 12.1 Å². The van der Waals surface area contributed by atoms with Crippen molar-refractivity contribution in [2.24, 2.45) is 0 Å². The van der Waals surface area contributed by atoms with Crippen LogP contribution in [0, 0.1) is 5.82 Å². The Hall–Kier alpha value is -1.02. The average molecular weight is 249 g/mol. The second kappa shape index (κ2) is 5.35. The molecule has 1 atom stereocenters. The van der Waals surface area contributed by atoms with E-state index < -0.39 is 33.4 Å². The summed E-state index contributed by atoms with van der Waals surface area (Å²) in [6.07, 6.45) is -1.21. The molecule has 0 fully saturated rings. The van der Waals surface area contributed by atoms with Crippen LogP contribution in [-0.4, -0.2) is 37.9 Å². The van der Waals surface area contributed by atoms with E-state index in [-0.39, 0.29) is 6.54 Å². The monoisotopic (exact) mass is 249 g/mol. The van der Waals surface area contributed by atoms with Gasteiger partial charge < -0.3 is 10.2 Å². The molecule has 3 N–H and O–H groups in total. The molecule has 7 heteroatoms. The molecule has 0 aliphatic heterocycles. The summed E-state index contributed by atoms with van der Waals surface area (Å²) < 4.78 is 38.2. The van der Waals surface area contributed by atoms with E-state index in [1.807, 2.05) is 4.72 Å². The third-order valence-electron chi connectivity index (χ3n) is 1.85. The molecule has 0 saturated heterocycles. The molecule has 0 aromatic heterocycles. The van der Waals surface area contributed by atoms with Crippen molar-refractivity contribution < 1.29 is 23.0 Å². The van der Waals surface area contributed by atoms with Crippen molar-refractivity contribution in [2.75, 3.05) is 13.2 Å². The summed E-state index contributed by atoms with van der Waals surface area (Å²) in [5, 5.41) is 17.5. The Balaban J connectivity index is 2.83. The molecule has 0 saturated carbocycles. The fourth-order valence-corrected chi connectivity index (χ4v) is 2.16. The molecule has 1 rings (SSSR count). The SMILES string of the molecule is O=S(=O)(NCC(O)CO)c1ccccc1F. The summed E-state index contributed by atoms with van der Waals surface area (Å²) in [6, 6.07) is 4.90. The first-order chi connectivity index (χ1) is 7.47. The Bertz CT molecular complexity index is 449. The van der Waals surface area contributed by atoms with Gasteiger partial charge in [0.15, 0.2) is 0 Å². The fourth-order valence-electron chi connectivity index (χ4n) is 1.01. The van der Waals surface area contributed by atoms with E-state index in [4.69, 9.17) is 10.2 Å². The van der Waals surface area contributed by atoms with E-state index in [0.717, 1.165) is 12.1 Å². The molecule has 16 heavy (non-hydrogen) atoms. The van der Waals surface area contributed by atoms with Crippen LogP contribution in [0.1, 0.15) is 0 Å². The number of benzene rings is 1. The van der Waals surface area contributed by atoms with Gasteiger partial charge in [-0.3, -0.25) is 0 Å². The molecule has 90 valence electrons. The van der Waals surface area contributed by atoms with E-state index >= 15 is 0 Å². The van der Waals surface area contributed by atoms with Gasteiger partial charge in [-0.1, -0.05) is 12.1 Å². The van der Waals surface area contributed by atoms with E-state index in [1.54, 1.807) is 0 Å². The number of hydrogen-bond acceptors (Lipinski definition) is 4. The van der Waals surface area contributed by atoms with Crippen LogP contribution in [0.2, 0.25) is 0 Å². The second-order valence-electron chi connectivity index (χ2n) is 3.12. The number of nitrogens with one attached hydrogen (secondary N) is 1. The minimum Gasteiger partial charge on any atom is -0.394 e. The standard InChI is InChI=1S/C9H12FNO4S/c10-8-3-1-2-4-9(8)16(14,15)11-5-7(13)6-12/h1-4,7,11-13H,5-6H2. The van der Waals surface area contributed by atoms with Crippen molar-refractivity contribution in [3.63, 3.8) is 0 Å². The van der Waals surface area contributed by atoms with Gasteiger partial charge in [-0.2, -0.15) is 0 Å². The number of halogens is 1. The Kier molecular flexibility index (Phi) is 4.36. The van der Waals surface area contributed by atoms with Crippen molar-refractivity contribution in [1.29, 1.82) is 0 Å². The third-order valence-corrected chi connectivity index (χ3v) is 3.30. The molecular formula is C9H12FNO4S. The summed E-state index contributed by atoms with van der Waals surface area (Å²) >= 11 is 0. The summed E-state index contributed by atoms with van der Waals surface area (Å²) in [7, 11) is -3.99. The van der Waals surface area contributed by atoms with Gasteiger partial charge in [0.1, 0.15) is 10.7 Å². The van der Waals surface area contributed by atoms with Gasteiger partial charge in [-0.25, -0.2) is 17.5 Å². The van der Waals surface area contributed by atoms with E-state index in [2.05, 4.69) is 0 Å². The molecule has 0 amide bonds. The maximum atomic E-state index is 13.2. The third kappa shape index (κ3) is 3.24. The molecule has 0 bridgehead atoms.